The number of nitrogens with one attached hydrogen (secondary N) is 1. The van der Waals surface area contributed by atoms with Gasteiger partial charge in [-0.1, -0.05) is 12.1 Å². The number of aryl methyl sites for hydroxylation is 1. The summed E-state index contributed by atoms with van der Waals surface area (Å²) in [5.74, 6) is 0.00591. The molecule has 4 rings (SSSR count). The van der Waals surface area contributed by atoms with Crippen molar-refractivity contribution in [2.24, 2.45) is 0 Å². The molecular formula is C23H30N4O2. The number of rotatable bonds is 5. The smallest absolute Gasteiger partial charge is 0.272 e. The van der Waals surface area contributed by atoms with E-state index in [0.717, 1.165) is 44.8 Å². The summed E-state index contributed by atoms with van der Waals surface area (Å²) in [6, 6.07) is 10.2. The van der Waals surface area contributed by atoms with Crippen LogP contribution in [0.2, 0.25) is 0 Å². The van der Waals surface area contributed by atoms with Crippen LogP contribution >= 0.6 is 0 Å². The number of pyridine rings is 1. The van der Waals surface area contributed by atoms with Crippen molar-refractivity contribution in [2.75, 3.05) is 49.5 Å². The first kappa shape index (κ1) is 19.7. The van der Waals surface area contributed by atoms with Gasteiger partial charge in [0.05, 0.1) is 6.10 Å². The van der Waals surface area contributed by atoms with Gasteiger partial charge in [0.2, 0.25) is 0 Å². The molecule has 2 fully saturated rings. The highest BCUT2D eigenvalue weighted by atomic mass is 16.5. The summed E-state index contributed by atoms with van der Waals surface area (Å²) < 4.78 is 5.65. The standard InChI is InChI=1S/C23H30N4O2/c1-17-5-3-7-22(18(17)2)26-10-12-27(13-11-26)23(28)21-15-19(8-9-24-21)25-16-20-6-4-14-29-20/h3,5,7-9,15,20H,4,6,10-14,16H2,1-2H3,(H,24,25). The van der Waals surface area contributed by atoms with Gasteiger partial charge in [0, 0.05) is 56.9 Å². The molecule has 6 nitrogen and oxygen atoms in total. The highest BCUT2D eigenvalue weighted by Gasteiger charge is 2.24. The predicted molar refractivity (Wildman–Crippen MR) is 116 cm³/mol. The van der Waals surface area contributed by atoms with E-state index in [9.17, 15) is 4.79 Å². The molecule has 1 aromatic heterocycles. The SMILES string of the molecule is Cc1cccc(N2CCN(C(=O)c3cc(NCC4CCCO4)ccn3)CC2)c1C. The zero-order valence-electron chi connectivity index (χ0n) is 17.4. The summed E-state index contributed by atoms with van der Waals surface area (Å²) in [6.45, 7) is 9.03. The number of anilines is 2. The summed E-state index contributed by atoms with van der Waals surface area (Å²) in [7, 11) is 0. The van der Waals surface area contributed by atoms with Crippen LogP contribution in [-0.2, 0) is 4.74 Å². The number of hydrogen-bond donors (Lipinski definition) is 1. The Morgan fingerprint density at radius 1 is 1.21 bits per heavy atom. The first-order valence-electron chi connectivity index (χ1n) is 10.5. The minimum atomic E-state index is 0.00591. The van der Waals surface area contributed by atoms with Gasteiger partial charge in [0.25, 0.3) is 5.91 Å². The quantitative estimate of drug-likeness (QED) is 0.844. The van der Waals surface area contributed by atoms with E-state index in [4.69, 9.17) is 4.74 Å². The topological polar surface area (TPSA) is 57.7 Å². The summed E-state index contributed by atoms with van der Waals surface area (Å²) >= 11 is 0. The normalized spacial score (nSPS) is 19.4. The number of benzene rings is 1. The van der Waals surface area contributed by atoms with Gasteiger partial charge in [0.1, 0.15) is 5.69 Å². The molecule has 1 aromatic carbocycles. The fourth-order valence-electron chi connectivity index (χ4n) is 4.09. The number of ether oxygens (including phenoxy) is 1. The minimum absolute atomic E-state index is 0.00591. The Morgan fingerprint density at radius 2 is 2.03 bits per heavy atom. The zero-order chi connectivity index (χ0) is 20.2. The molecule has 6 heteroatoms. The zero-order valence-corrected chi connectivity index (χ0v) is 17.4. The first-order chi connectivity index (χ1) is 14.1. The lowest BCUT2D eigenvalue weighted by molar-refractivity contribution is 0.0741. The Hall–Kier alpha value is -2.60. The third-order valence-corrected chi connectivity index (χ3v) is 6.02. The molecule has 2 aromatic rings. The lowest BCUT2D eigenvalue weighted by Crippen LogP contribution is -2.49. The molecule has 0 bridgehead atoms. The van der Waals surface area contributed by atoms with Crippen LogP contribution in [-0.4, -0.2) is 61.2 Å². The van der Waals surface area contributed by atoms with E-state index in [2.05, 4.69) is 47.2 Å². The lowest BCUT2D eigenvalue weighted by Gasteiger charge is -2.37. The van der Waals surface area contributed by atoms with E-state index in [1.54, 1.807) is 6.20 Å². The van der Waals surface area contributed by atoms with Crippen molar-refractivity contribution in [2.45, 2.75) is 32.8 Å². The second-order valence-electron chi connectivity index (χ2n) is 7.94. The first-order valence-corrected chi connectivity index (χ1v) is 10.5. The molecule has 1 amide bonds. The number of amides is 1. The van der Waals surface area contributed by atoms with Gasteiger partial charge in [-0.3, -0.25) is 9.78 Å². The van der Waals surface area contributed by atoms with Gasteiger partial charge in [0.15, 0.2) is 0 Å². The summed E-state index contributed by atoms with van der Waals surface area (Å²) in [4.78, 5) is 21.6. The maximum Gasteiger partial charge on any atom is 0.272 e. The van der Waals surface area contributed by atoms with E-state index >= 15 is 0 Å². The van der Waals surface area contributed by atoms with Crippen LogP contribution in [0, 0.1) is 13.8 Å². The lowest BCUT2D eigenvalue weighted by atomic mass is 10.1. The van der Waals surface area contributed by atoms with Gasteiger partial charge in [-0.25, -0.2) is 0 Å². The van der Waals surface area contributed by atoms with Gasteiger partial charge in [-0.2, -0.15) is 0 Å². The molecule has 0 saturated carbocycles. The van der Waals surface area contributed by atoms with Crippen molar-refractivity contribution in [1.82, 2.24) is 9.88 Å². The van der Waals surface area contributed by atoms with Crippen LogP contribution in [0.25, 0.3) is 0 Å². The predicted octanol–water partition coefficient (Wildman–Crippen LogP) is 3.25. The fraction of sp³-hybridized carbons (Fsp3) is 0.478. The van der Waals surface area contributed by atoms with Gasteiger partial charge < -0.3 is 19.9 Å². The van der Waals surface area contributed by atoms with Crippen LogP contribution in [0.15, 0.2) is 36.5 Å². The van der Waals surface area contributed by atoms with Crippen molar-refractivity contribution in [1.29, 1.82) is 0 Å². The van der Waals surface area contributed by atoms with Crippen LogP contribution in [0.4, 0.5) is 11.4 Å². The maximum absolute atomic E-state index is 13.0. The van der Waals surface area contributed by atoms with Crippen LogP contribution in [0.5, 0.6) is 0 Å². The summed E-state index contributed by atoms with van der Waals surface area (Å²) in [5.41, 5.74) is 5.32. The van der Waals surface area contributed by atoms with Crippen molar-refractivity contribution >= 4 is 17.3 Å². The number of piperazine rings is 1. The number of carbonyl (C=O) groups is 1. The van der Waals surface area contributed by atoms with Gasteiger partial charge >= 0.3 is 0 Å². The Morgan fingerprint density at radius 3 is 2.79 bits per heavy atom. The molecule has 1 unspecified atom stereocenters. The molecule has 0 aliphatic carbocycles. The molecule has 2 aliphatic rings. The maximum atomic E-state index is 13.0. The minimum Gasteiger partial charge on any atom is -0.382 e. The van der Waals surface area contributed by atoms with Gasteiger partial charge in [-0.15, -0.1) is 0 Å². The van der Waals surface area contributed by atoms with E-state index in [0.29, 0.717) is 18.8 Å². The summed E-state index contributed by atoms with van der Waals surface area (Å²) in [5, 5.41) is 3.38. The third kappa shape index (κ3) is 4.53. The second kappa shape index (κ2) is 8.82. The average Bonchev–Trinajstić information content (AvgIpc) is 3.28. The van der Waals surface area contributed by atoms with E-state index in [1.165, 1.54) is 16.8 Å². The number of carbonyl (C=O) groups excluding carboxylic acids is 1. The average molecular weight is 395 g/mol. The molecule has 0 spiro atoms. The highest BCUT2D eigenvalue weighted by molar-refractivity contribution is 5.93. The van der Waals surface area contributed by atoms with E-state index in [-0.39, 0.29) is 12.0 Å². The Labute approximate surface area is 172 Å². The molecule has 3 heterocycles. The second-order valence-corrected chi connectivity index (χ2v) is 7.94. The van der Waals surface area contributed by atoms with E-state index < -0.39 is 0 Å². The van der Waals surface area contributed by atoms with E-state index in [1.807, 2.05) is 17.0 Å². The van der Waals surface area contributed by atoms with Crippen molar-refractivity contribution in [3.8, 4) is 0 Å². The highest BCUT2D eigenvalue weighted by Crippen LogP contribution is 2.24. The summed E-state index contributed by atoms with van der Waals surface area (Å²) in [6.07, 6.45) is 4.19. The monoisotopic (exact) mass is 394 g/mol. The fourth-order valence-corrected chi connectivity index (χ4v) is 4.09. The molecule has 1 N–H and O–H groups in total. The van der Waals surface area contributed by atoms with Crippen LogP contribution in [0.3, 0.4) is 0 Å². The van der Waals surface area contributed by atoms with Crippen molar-refractivity contribution < 1.29 is 9.53 Å². The van der Waals surface area contributed by atoms with Crippen molar-refractivity contribution in [3.63, 3.8) is 0 Å². The molecule has 1 atom stereocenters. The molecule has 2 aliphatic heterocycles. The Balaban J connectivity index is 1.35. The number of nitrogens with zero attached hydrogens (tertiary/aromatic N) is 3. The molecule has 154 valence electrons. The number of hydrogen-bond acceptors (Lipinski definition) is 5. The Bertz CT molecular complexity index is 856. The molecule has 0 radical (unpaired) electrons. The molecule has 29 heavy (non-hydrogen) atoms. The van der Waals surface area contributed by atoms with Crippen LogP contribution < -0.4 is 10.2 Å². The van der Waals surface area contributed by atoms with Gasteiger partial charge in [-0.05, 0) is 56.0 Å². The Kier molecular flexibility index (Phi) is 6.00. The largest absolute Gasteiger partial charge is 0.382 e. The molecular weight excluding hydrogens is 364 g/mol. The molecule has 2 saturated heterocycles. The number of aromatic nitrogens is 1. The van der Waals surface area contributed by atoms with Crippen LogP contribution in [0.1, 0.15) is 34.5 Å². The van der Waals surface area contributed by atoms with Crippen molar-refractivity contribution in [3.05, 3.63) is 53.3 Å². The third-order valence-electron chi connectivity index (χ3n) is 6.02.